The number of nitrogens with zero attached hydrogens (tertiary/aromatic N) is 2. The Hall–Kier alpha value is -4.02. The van der Waals surface area contributed by atoms with Crippen molar-refractivity contribution in [2.24, 2.45) is 23.5 Å². The summed E-state index contributed by atoms with van der Waals surface area (Å²) in [4.78, 5) is 43.3. The number of likely N-dealkylation sites (N-methyl/N-ethyl adjacent to an activating group) is 1. The van der Waals surface area contributed by atoms with Gasteiger partial charge in [0.25, 0.3) is 5.91 Å². The number of halogens is 1. The van der Waals surface area contributed by atoms with Gasteiger partial charge in [-0.1, -0.05) is 30.3 Å². The maximum Gasteiger partial charge on any atom is 0.255 e. The van der Waals surface area contributed by atoms with Gasteiger partial charge in [-0.15, -0.1) is 0 Å². The van der Waals surface area contributed by atoms with Gasteiger partial charge in [0.15, 0.2) is 11.6 Å². The number of aliphatic hydroxyl groups excluding tert-OH is 2. The number of ketones is 2. The first-order chi connectivity index (χ1) is 20.5. The van der Waals surface area contributed by atoms with Crippen LogP contribution in [0, 0.1) is 17.8 Å². The maximum atomic E-state index is 13.9. The van der Waals surface area contributed by atoms with Crippen molar-refractivity contribution >= 4 is 23.2 Å². The number of phenols is 1. The van der Waals surface area contributed by atoms with Gasteiger partial charge in [0.05, 0.1) is 17.5 Å². The molecule has 0 spiro atoms. The van der Waals surface area contributed by atoms with Crippen molar-refractivity contribution in [3.05, 3.63) is 70.0 Å². The van der Waals surface area contributed by atoms with Crippen LogP contribution >= 0.6 is 0 Å². The highest BCUT2D eigenvalue weighted by molar-refractivity contribution is 6.28. The lowest BCUT2D eigenvalue weighted by molar-refractivity contribution is -0.136. The minimum atomic E-state index is -1.28. The Morgan fingerprint density at radius 1 is 1.02 bits per heavy atom. The summed E-state index contributed by atoms with van der Waals surface area (Å²) in [7, 11) is 3.39. The first-order valence-electron chi connectivity index (χ1n) is 14.7. The summed E-state index contributed by atoms with van der Waals surface area (Å²) in [5, 5.41) is 33.3. The number of nitrogens with two attached hydrogens (primary N) is 1. The van der Waals surface area contributed by atoms with Gasteiger partial charge in [-0.2, -0.15) is 0 Å². The molecule has 1 heterocycles. The van der Waals surface area contributed by atoms with E-state index in [1.54, 1.807) is 25.1 Å². The van der Waals surface area contributed by atoms with Crippen molar-refractivity contribution in [3.63, 3.8) is 0 Å². The molecule has 1 aliphatic heterocycles. The molecule has 226 valence electrons. The molecule has 2 aromatic carbocycles. The summed E-state index contributed by atoms with van der Waals surface area (Å²) in [6.07, 6.45) is 0.998. The molecule has 1 amide bonds. The second-order valence-corrected chi connectivity index (χ2v) is 12.4. The lowest BCUT2D eigenvalue weighted by atomic mass is 9.59. The topological polar surface area (TPSA) is 144 Å². The summed E-state index contributed by atoms with van der Waals surface area (Å²) in [5.74, 6) is -5.93. The van der Waals surface area contributed by atoms with E-state index in [1.807, 2.05) is 24.3 Å². The zero-order valence-corrected chi connectivity index (χ0v) is 24.2. The van der Waals surface area contributed by atoms with E-state index in [4.69, 9.17) is 5.73 Å². The number of primary amides is 1. The van der Waals surface area contributed by atoms with Gasteiger partial charge in [-0.25, -0.2) is 4.39 Å². The van der Waals surface area contributed by atoms with Crippen LogP contribution in [0.2, 0.25) is 0 Å². The fraction of sp³-hybridized carbons (Fsp3) is 0.424. The van der Waals surface area contributed by atoms with Gasteiger partial charge < -0.3 is 21.1 Å². The van der Waals surface area contributed by atoms with Crippen molar-refractivity contribution in [2.45, 2.75) is 44.4 Å². The average molecular weight is 590 g/mol. The van der Waals surface area contributed by atoms with Gasteiger partial charge in [0, 0.05) is 25.2 Å². The van der Waals surface area contributed by atoms with Crippen molar-refractivity contribution in [3.8, 4) is 16.9 Å². The van der Waals surface area contributed by atoms with E-state index in [2.05, 4.69) is 4.90 Å². The summed E-state index contributed by atoms with van der Waals surface area (Å²) in [6.45, 7) is 2.18. The number of fused-ring (bicyclic) bond motifs is 3. The predicted octanol–water partition coefficient (Wildman–Crippen LogP) is 3.45. The number of carbonyl (C=O) groups is 3. The van der Waals surface area contributed by atoms with E-state index in [-0.39, 0.29) is 22.6 Å². The number of likely N-dealkylation sites (tertiary alicyclic amines) is 1. The molecule has 5 N–H and O–H groups in total. The summed E-state index contributed by atoms with van der Waals surface area (Å²) < 4.78 is 13.5. The number of phenolic OH excluding ortho intramolecular Hbond substituents is 1. The van der Waals surface area contributed by atoms with E-state index < -0.39 is 58.8 Å². The van der Waals surface area contributed by atoms with E-state index in [1.165, 1.54) is 6.07 Å². The van der Waals surface area contributed by atoms with Crippen molar-refractivity contribution in [2.75, 3.05) is 27.2 Å². The smallest absolute Gasteiger partial charge is 0.255 e. The SMILES string of the molecule is CN(C)[C@@H]1C(O)=C(C(N)=O)C(=O)C2C(=O)C3=C(O)c4c(O)ccc(-c5ccc(CN6CCC(F)CC6)cc5)c4CC3CC21. The summed E-state index contributed by atoms with van der Waals surface area (Å²) in [5.41, 5.74) is 8.55. The number of Topliss-reactive ketones (excluding diaryl/α,β-unsaturated/α-hetero) is 2. The Kier molecular flexibility index (Phi) is 7.38. The first-order valence-corrected chi connectivity index (χ1v) is 14.7. The van der Waals surface area contributed by atoms with Crippen molar-refractivity contribution < 1.29 is 34.1 Å². The highest BCUT2D eigenvalue weighted by Gasteiger charge is 2.55. The Labute approximate surface area is 249 Å². The molecule has 3 unspecified atom stereocenters. The van der Waals surface area contributed by atoms with Crippen LogP contribution in [0.15, 0.2) is 53.3 Å². The molecule has 43 heavy (non-hydrogen) atoms. The molecule has 3 aliphatic carbocycles. The van der Waals surface area contributed by atoms with Crippen LogP contribution in [-0.2, 0) is 27.3 Å². The molecule has 0 radical (unpaired) electrons. The zero-order chi connectivity index (χ0) is 30.7. The highest BCUT2D eigenvalue weighted by atomic mass is 19.1. The van der Waals surface area contributed by atoms with E-state index >= 15 is 0 Å². The van der Waals surface area contributed by atoms with Gasteiger partial charge in [0.1, 0.15) is 29.0 Å². The molecular formula is C33H36FN3O6. The van der Waals surface area contributed by atoms with Crippen LogP contribution in [-0.4, -0.2) is 82.0 Å². The Morgan fingerprint density at radius 2 is 1.70 bits per heavy atom. The number of aliphatic hydroxyl groups is 2. The number of amides is 1. The van der Waals surface area contributed by atoms with Gasteiger partial charge in [0.2, 0.25) is 0 Å². The normalized spacial score (nSPS) is 26.4. The predicted molar refractivity (Wildman–Crippen MR) is 158 cm³/mol. The molecule has 6 rings (SSSR count). The van der Waals surface area contributed by atoms with E-state index in [0.29, 0.717) is 31.2 Å². The Balaban J connectivity index is 1.36. The molecule has 4 aliphatic rings. The van der Waals surface area contributed by atoms with Crippen LogP contribution in [0.3, 0.4) is 0 Å². The molecule has 9 nitrogen and oxygen atoms in total. The zero-order valence-electron chi connectivity index (χ0n) is 24.2. The molecule has 2 aromatic rings. The number of aromatic hydroxyl groups is 1. The van der Waals surface area contributed by atoms with Crippen LogP contribution in [0.25, 0.3) is 16.9 Å². The number of alkyl halides is 1. The number of rotatable bonds is 5. The number of allylic oxidation sites excluding steroid dienone is 1. The van der Waals surface area contributed by atoms with Crippen molar-refractivity contribution in [1.29, 1.82) is 0 Å². The highest BCUT2D eigenvalue weighted by Crippen LogP contribution is 2.51. The van der Waals surface area contributed by atoms with Crippen LogP contribution < -0.4 is 5.73 Å². The molecule has 1 saturated carbocycles. The summed E-state index contributed by atoms with van der Waals surface area (Å²) in [6, 6.07) is 10.5. The second-order valence-electron chi connectivity index (χ2n) is 12.4. The molecule has 2 fully saturated rings. The maximum absolute atomic E-state index is 13.9. The third-order valence-corrected chi connectivity index (χ3v) is 9.64. The lowest BCUT2D eigenvalue weighted by Gasteiger charge is -2.46. The average Bonchev–Trinajstić information content (AvgIpc) is 2.94. The molecule has 0 aromatic heterocycles. The number of hydrogen-bond acceptors (Lipinski definition) is 8. The third kappa shape index (κ3) is 4.82. The fourth-order valence-electron chi connectivity index (χ4n) is 7.64. The molecule has 1 saturated heterocycles. The monoisotopic (exact) mass is 589 g/mol. The molecule has 0 bridgehead atoms. The number of carbonyl (C=O) groups excluding carboxylic acids is 3. The number of piperidine rings is 1. The first kappa shape index (κ1) is 29.1. The van der Waals surface area contributed by atoms with Gasteiger partial charge in [-0.3, -0.25) is 24.2 Å². The lowest BCUT2D eigenvalue weighted by Crippen LogP contribution is -2.55. The second kappa shape index (κ2) is 10.9. The van der Waals surface area contributed by atoms with Gasteiger partial charge in [-0.05, 0) is 79.9 Å². The summed E-state index contributed by atoms with van der Waals surface area (Å²) >= 11 is 0. The third-order valence-electron chi connectivity index (χ3n) is 9.64. The van der Waals surface area contributed by atoms with Gasteiger partial charge >= 0.3 is 0 Å². The fourth-order valence-corrected chi connectivity index (χ4v) is 7.64. The quantitative estimate of drug-likeness (QED) is 0.307. The minimum Gasteiger partial charge on any atom is -0.510 e. The molecule has 10 heteroatoms. The van der Waals surface area contributed by atoms with E-state index in [0.717, 1.165) is 36.3 Å². The number of hydrogen-bond donors (Lipinski definition) is 4. The Morgan fingerprint density at radius 3 is 2.33 bits per heavy atom. The number of benzene rings is 2. The standard InChI is InChI=1S/C33H36FN3O6/c1-36(2)28-22-14-18-13-21-20(17-5-3-16(4-6-17)15-37-11-9-19(34)10-12-37)7-8-23(38)25(21)29(39)24(18)30(40)26(22)31(41)27(32(28)42)33(35)43/h3-8,18-19,22,26,28,38-39,42H,9-15H2,1-2H3,(H2,35,43)/t18?,22?,26?,28-/m0/s1. The van der Waals surface area contributed by atoms with E-state index in [9.17, 15) is 34.1 Å². The van der Waals surface area contributed by atoms with Crippen LogP contribution in [0.4, 0.5) is 4.39 Å². The van der Waals surface area contributed by atoms with Crippen LogP contribution in [0.5, 0.6) is 5.75 Å². The van der Waals surface area contributed by atoms with Crippen molar-refractivity contribution in [1.82, 2.24) is 9.80 Å². The molecule has 4 atom stereocenters. The largest absolute Gasteiger partial charge is 0.510 e. The minimum absolute atomic E-state index is 0.0599. The Bertz CT molecular complexity index is 1570. The van der Waals surface area contributed by atoms with Crippen LogP contribution in [0.1, 0.15) is 36.0 Å². The molecular weight excluding hydrogens is 553 g/mol.